The second-order valence-corrected chi connectivity index (χ2v) is 7.65. The first-order chi connectivity index (χ1) is 7.04. The minimum absolute atomic E-state index is 0.398. The highest BCUT2D eigenvalue weighted by Gasteiger charge is 2.16. The van der Waals surface area contributed by atoms with Gasteiger partial charge in [0, 0.05) is 16.8 Å². The summed E-state index contributed by atoms with van der Waals surface area (Å²) in [6, 6.07) is 6.76. The van der Waals surface area contributed by atoms with Crippen LogP contribution in [0, 0.1) is 0 Å². The van der Waals surface area contributed by atoms with Gasteiger partial charge in [-0.1, -0.05) is 17.2 Å². The van der Waals surface area contributed by atoms with Crippen molar-refractivity contribution in [3.63, 3.8) is 0 Å². The summed E-state index contributed by atoms with van der Waals surface area (Å²) in [4.78, 5) is 2.65. The Balaban J connectivity index is 2.72. The lowest BCUT2D eigenvalue weighted by Crippen LogP contribution is -1.98. The maximum Gasteiger partial charge on any atom is 0.281 e. The largest absolute Gasteiger partial charge is 0.284 e. The van der Waals surface area contributed by atoms with Crippen LogP contribution in [0.15, 0.2) is 29.4 Å². The second-order valence-electron chi connectivity index (χ2n) is 2.83. The van der Waals surface area contributed by atoms with Crippen molar-refractivity contribution in [3.05, 3.63) is 40.3 Å². The number of azide groups is 1. The summed E-state index contributed by atoms with van der Waals surface area (Å²) in [5, 5.41) is 3.83. The fourth-order valence-electron chi connectivity index (χ4n) is 1.06. The first-order valence-corrected chi connectivity index (χ1v) is 7.65. The van der Waals surface area contributed by atoms with Crippen molar-refractivity contribution in [2.24, 2.45) is 5.11 Å². The highest BCUT2D eigenvalue weighted by atomic mass is 35.9. The Morgan fingerprint density at radius 1 is 1.33 bits per heavy atom. The zero-order chi connectivity index (χ0) is 11.3. The normalized spacial score (nSPS) is 10.8. The van der Waals surface area contributed by atoms with E-state index in [2.05, 4.69) is 10.0 Å². The van der Waals surface area contributed by atoms with Crippen LogP contribution in [0.1, 0.15) is 5.56 Å². The lowest BCUT2D eigenvalue weighted by molar-refractivity contribution is 0.597. The van der Waals surface area contributed by atoms with Crippen molar-refractivity contribution in [1.29, 1.82) is 0 Å². The van der Waals surface area contributed by atoms with E-state index in [0.29, 0.717) is 18.3 Å². The molecule has 0 aliphatic carbocycles. The molecule has 0 spiro atoms. The van der Waals surface area contributed by atoms with E-state index in [1.54, 1.807) is 24.3 Å². The predicted octanol–water partition coefficient (Wildman–Crippen LogP) is 3.84. The molecule has 0 aromatic heterocycles. The van der Waals surface area contributed by atoms with Gasteiger partial charge in [-0.15, -0.1) is 0 Å². The molecule has 0 radical (unpaired) electrons. The van der Waals surface area contributed by atoms with Crippen LogP contribution in [0.3, 0.4) is 0 Å². The zero-order valence-corrected chi connectivity index (χ0v) is 10.1. The van der Waals surface area contributed by atoms with Gasteiger partial charge in [0.25, 0.3) is 5.85 Å². The molecule has 0 saturated heterocycles. The maximum absolute atomic E-state index is 11.3. The first kappa shape index (κ1) is 12.4. The second kappa shape index (κ2) is 5.43. The molecule has 0 saturated carbocycles. The van der Waals surface area contributed by atoms with Crippen LogP contribution < -0.4 is 5.30 Å². The monoisotopic (exact) mass is 263 g/mol. The van der Waals surface area contributed by atoms with Crippen molar-refractivity contribution in [2.75, 3.05) is 6.54 Å². The van der Waals surface area contributed by atoms with E-state index in [1.807, 2.05) is 0 Å². The summed E-state index contributed by atoms with van der Waals surface area (Å²) >= 11 is 11.0. The van der Waals surface area contributed by atoms with E-state index >= 15 is 0 Å². The molecule has 7 heteroatoms. The smallest absolute Gasteiger partial charge is 0.281 e. The van der Waals surface area contributed by atoms with Gasteiger partial charge >= 0.3 is 0 Å². The molecule has 0 atom stereocenters. The Morgan fingerprint density at radius 2 is 1.93 bits per heavy atom. The van der Waals surface area contributed by atoms with E-state index in [1.165, 1.54) is 0 Å². The number of hydrogen-bond donors (Lipinski definition) is 0. The van der Waals surface area contributed by atoms with Crippen molar-refractivity contribution in [1.82, 2.24) is 0 Å². The summed E-state index contributed by atoms with van der Waals surface area (Å²) in [6.07, 6.45) is 0.638. The van der Waals surface area contributed by atoms with Gasteiger partial charge in [-0.05, 0) is 52.1 Å². The summed E-state index contributed by atoms with van der Waals surface area (Å²) in [5.41, 5.74) is 9.06. The zero-order valence-electron chi connectivity index (χ0n) is 7.68. The molecule has 0 amide bonds. The lowest BCUT2D eigenvalue weighted by Gasteiger charge is -2.03. The molecule has 1 aromatic rings. The van der Waals surface area contributed by atoms with Crippen molar-refractivity contribution >= 4 is 33.6 Å². The van der Waals surface area contributed by atoms with Crippen LogP contribution in [-0.2, 0) is 11.0 Å². The molecule has 15 heavy (non-hydrogen) atoms. The van der Waals surface area contributed by atoms with Crippen LogP contribution >= 0.6 is 28.3 Å². The SMILES string of the molecule is [N-]=[N+]=NCCc1ccc(P(=O)(Cl)Cl)cc1. The fraction of sp³-hybridized carbons (Fsp3) is 0.250. The lowest BCUT2D eigenvalue weighted by atomic mass is 10.2. The number of hydrogen-bond acceptors (Lipinski definition) is 2. The van der Waals surface area contributed by atoms with Gasteiger partial charge in [-0.3, -0.25) is 4.57 Å². The van der Waals surface area contributed by atoms with Gasteiger partial charge in [0.1, 0.15) is 0 Å². The minimum atomic E-state index is -3.21. The highest BCUT2D eigenvalue weighted by Crippen LogP contribution is 2.55. The van der Waals surface area contributed by atoms with E-state index in [9.17, 15) is 4.57 Å². The van der Waals surface area contributed by atoms with Crippen LogP contribution in [0.5, 0.6) is 0 Å². The van der Waals surface area contributed by atoms with Crippen molar-refractivity contribution < 1.29 is 4.57 Å². The van der Waals surface area contributed by atoms with Gasteiger partial charge in [0.2, 0.25) is 0 Å². The summed E-state index contributed by atoms with van der Waals surface area (Å²) in [6.45, 7) is 0.398. The average molecular weight is 264 g/mol. The molecule has 1 aromatic carbocycles. The van der Waals surface area contributed by atoms with E-state index in [-0.39, 0.29) is 0 Å². The molecular weight excluding hydrogens is 256 g/mol. The summed E-state index contributed by atoms with van der Waals surface area (Å²) in [7, 11) is 0. The third kappa shape index (κ3) is 4.15. The molecule has 0 fully saturated rings. The molecular formula is C8H8Cl2N3OP. The molecule has 0 heterocycles. The Labute approximate surface area is 96.8 Å². The fourth-order valence-corrected chi connectivity index (χ4v) is 2.23. The predicted molar refractivity (Wildman–Crippen MR) is 63.1 cm³/mol. The molecule has 0 N–H and O–H groups in total. The van der Waals surface area contributed by atoms with Crippen LogP contribution in [0.25, 0.3) is 10.4 Å². The van der Waals surface area contributed by atoms with Crippen LogP contribution in [-0.4, -0.2) is 6.54 Å². The average Bonchev–Trinajstić information content (AvgIpc) is 2.18. The Hall–Kier alpha value is -0.660. The quantitative estimate of drug-likeness (QED) is 0.352. The van der Waals surface area contributed by atoms with Gasteiger partial charge in [-0.25, -0.2) is 0 Å². The van der Waals surface area contributed by atoms with Crippen LogP contribution in [0.2, 0.25) is 0 Å². The molecule has 4 nitrogen and oxygen atoms in total. The van der Waals surface area contributed by atoms with Gasteiger partial charge in [-0.2, -0.15) is 0 Å². The maximum atomic E-state index is 11.3. The van der Waals surface area contributed by atoms with E-state index < -0.39 is 5.85 Å². The van der Waals surface area contributed by atoms with E-state index in [0.717, 1.165) is 5.56 Å². The van der Waals surface area contributed by atoms with Crippen molar-refractivity contribution in [3.8, 4) is 0 Å². The van der Waals surface area contributed by atoms with Gasteiger partial charge in [0.15, 0.2) is 0 Å². The molecule has 1 rings (SSSR count). The Morgan fingerprint density at radius 3 is 2.40 bits per heavy atom. The first-order valence-electron chi connectivity index (χ1n) is 4.14. The minimum Gasteiger partial charge on any atom is -0.284 e. The van der Waals surface area contributed by atoms with Gasteiger partial charge in [0.05, 0.1) is 0 Å². The number of nitrogens with zero attached hydrogens (tertiary/aromatic N) is 3. The number of halogens is 2. The standard InChI is InChI=1S/C8H8Cl2N3OP/c9-15(10,14)8-3-1-7(2-4-8)5-6-12-13-11/h1-4H,5-6H2. The van der Waals surface area contributed by atoms with Gasteiger partial charge < -0.3 is 0 Å². The molecule has 0 unspecified atom stereocenters. The summed E-state index contributed by atoms with van der Waals surface area (Å²) in [5.74, 6) is -3.21. The molecule has 0 aliphatic heterocycles. The topological polar surface area (TPSA) is 65.8 Å². The molecule has 0 bridgehead atoms. The third-order valence-electron chi connectivity index (χ3n) is 1.80. The summed E-state index contributed by atoms with van der Waals surface area (Å²) < 4.78 is 11.3. The number of benzene rings is 1. The van der Waals surface area contributed by atoms with Crippen LogP contribution in [0.4, 0.5) is 0 Å². The Bertz CT molecular complexity index is 422. The molecule has 0 aliphatic rings. The third-order valence-corrected chi connectivity index (χ3v) is 3.87. The Kier molecular flexibility index (Phi) is 4.49. The van der Waals surface area contributed by atoms with E-state index in [4.69, 9.17) is 28.0 Å². The van der Waals surface area contributed by atoms with Crippen molar-refractivity contribution in [2.45, 2.75) is 6.42 Å². The number of rotatable bonds is 4. The molecule has 80 valence electrons. The highest BCUT2D eigenvalue weighted by molar-refractivity contribution is 8.13.